The molecule has 3 nitrogen and oxygen atoms in total. The van der Waals surface area contributed by atoms with E-state index in [-0.39, 0.29) is 11.0 Å². The largest absolute Gasteiger partial charge is 0.348 e. The summed E-state index contributed by atoms with van der Waals surface area (Å²) in [6, 6.07) is 9.47. The molecular formula is C16H16N2OS. The second-order valence-corrected chi connectivity index (χ2v) is 6.50. The lowest BCUT2D eigenvalue weighted by atomic mass is 10.0. The Balaban J connectivity index is 2.05. The SMILES string of the molecule is N#Cc1c(SC2CCCCC2)[nH]c2ccccc2c1=O. The van der Waals surface area contributed by atoms with Crippen LogP contribution in [-0.2, 0) is 0 Å². The second-order valence-electron chi connectivity index (χ2n) is 5.19. The molecule has 1 aromatic heterocycles. The molecule has 20 heavy (non-hydrogen) atoms. The van der Waals surface area contributed by atoms with Crippen LogP contribution in [0.5, 0.6) is 0 Å². The number of nitrogens with one attached hydrogen (secondary N) is 1. The van der Waals surface area contributed by atoms with E-state index in [0.717, 1.165) is 10.5 Å². The van der Waals surface area contributed by atoms with Gasteiger partial charge in [0.2, 0.25) is 5.43 Å². The highest BCUT2D eigenvalue weighted by Crippen LogP contribution is 2.34. The first-order chi connectivity index (χ1) is 9.79. The van der Waals surface area contributed by atoms with E-state index < -0.39 is 0 Å². The van der Waals surface area contributed by atoms with Gasteiger partial charge in [-0.1, -0.05) is 31.4 Å². The van der Waals surface area contributed by atoms with Crippen LogP contribution in [0.25, 0.3) is 10.9 Å². The number of H-pyrrole nitrogens is 1. The molecule has 0 aliphatic heterocycles. The molecule has 1 saturated carbocycles. The summed E-state index contributed by atoms with van der Waals surface area (Å²) in [4.78, 5) is 15.6. The summed E-state index contributed by atoms with van der Waals surface area (Å²) in [5, 5.41) is 11.2. The number of hydrogen-bond donors (Lipinski definition) is 1. The number of pyridine rings is 1. The Morgan fingerprint density at radius 3 is 2.70 bits per heavy atom. The number of aromatic nitrogens is 1. The third-order valence-corrected chi connectivity index (χ3v) is 5.17. The van der Waals surface area contributed by atoms with Crippen molar-refractivity contribution in [1.82, 2.24) is 4.98 Å². The predicted molar refractivity (Wildman–Crippen MR) is 82.0 cm³/mol. The molecule has 102 valence electrons. The van der Waals surface area contributed by atoms with Crippen molar-refractivity contribution in [3.05, 3.63) is 40.1 Å². The molecule has 0 saturated heterocycles. The van der Waals surface area contributed by atoms with Gasteiger partial charge in [-0.2, -0.15) is 5.26 Å². The minimum Gasteiger partial charge on any atom is -0.348 e. The van der Waals surface area contributed by atoms with Crippen LogP contribution in [-0.4, -0.2) is 10.2 Å². The maximum Gasteiger partial charge on any atom is 0.208 e. The van der Waals surface area contributed by atoms with Gasteiger partial charge in [0.05, 0.1) is 10.5 Å². The summed E-state index contributed by atoms with van der Waals surface area (Å²) in [6.45, 7) is 0. The molecule has 3 rings (SSSR count). The minimum absolute atomic E-state index is 0.153. The van der Waals surface area contributed by atoms with Gasteiger partial charge in [-0.05, 0) is 25.0 Å². The number of para-hydroxylation sites is 1. The molecule has 0 spiro atoms. The zero-order chi connectivity index (χ0) is 13.9. The molecule has 4 heteroatoms. The molecule has 0 atom stereocenters. The van der Waals surface area contributed by atoms with Crippen molar-refractivity contribution in [3.63, 3.8) is 0 Å². The number of rotatable bonds is 2. The van der Waals surface area contributed by atoms with Gasteiger partial charge >= 0.3 is 0 Å². The number of nitrogens with zero attached hydrogens (tertiary/aromatic N) is 1. The topological polar surface area (TPSA) is 56.6 Å². The first-order valence-corrected chi connectivity index (χ1v) is 7.89. The standard InChI is InChI=1S/C16H16N2OS/c17-10-13-15(19)12-8-4-5-9-14(12)18-16(13)20-11-6-2-1-3-7-11/h4-5,8-9,11H,1-3,6-7H2,(H,18,19). The normalized spacial score (nSPS) is 16.1. The van der Waals surface area contributed by atoms with Crippen molar-refractivity contribution in [2.75, 3.05) is 0 Å². The Morgan fingerprint density at radius 2 is 1.95 bits per heavy atom. The first kappa shape index (κ1) is 13.3. The van der Waals surface area contributed by atoms with Gasteiger partial charge in [0, 0.05) is 10.6 Å². The van der Waals surface area contributed by atoms with Crippen LogP contribution < -0.4 is 5.43 Å². The van der Waals surface area contributed by atoms with Crippen LogP contribution in [0.4, 0.5) is 0 Å². The predicted octanol–water partition coefficient (Wildman–Crippen LogP) is 3.82. The molecule has 0 bridgehead atoms. The van der Waals surface area contributed by atoms with Crippen LogP contribution >= 0.6 is 11.8 Å². The van der Waals surface area contributed by atoms with Gasteiger partial charge in [0.15, 0.2) is 0 Å². The quantitative estimate of drug-likeness (QED) is 0.912. The number of aromatic amines is 1. The van der Waals surface area contributed by atoms with E-state index in [0.29, 0.717) is 10.6 Å². The summed E-state index contributed by atoms with van der Waals surface area (Å²) in [6.07, 6.45) is 6.14. The van der Waals surface area contributed by atoms with Crippen molar-refractivity contribution < 1.29 is 0 Å². The van der Waals surface area contributed by atoms with E-state index in [9.17, 15) is 10.1 Å². The van der Waals surface area contributed by atoms with Crippen molar-refractivity contribution in [3.8, 4) is 6.07 Å². The van der Waals surface area contributed by atoms with Gasteiger partial charge in [-0.15, -0.1) is 11.8 Å². The third kappa shape index (κ3) is 2.46. The van der Waals surface area contributed by atoms with Crippen molar-refractivity contribution in [2.45, 2.75) is 42.4 Å². The summed E-state index contributed by atoms with van der Waals surface area (Å²) in [5.74, 6) is 0. The van der Waals surface area contributed by atoms with Crippen molar-refractivity contribution >= 4 is 22.7 Å². The molecule has 0 radical (unpaired) electrons. The highest BCUT2D eigenvalue weighted by Gasteiger charge is 2.19. The van der Waals surface area contributed by atoms with Crippen LogP contribution in [0, 0.1) is 11.3 Å². The Hall–Kier alpha value is -1.73. The lowest BCUT2D eigenvalue weighted by molar-refractivity contribution is 0.516. The van der Waals surface area contributed by atoms with Crippen LogP contribution in [0.1, 0.15) is 37.7 Å². The van der Waals surface area contributed by atoms with E-state index in [2.05, 4.69) is 11.1 Å². The zero-order valence-electron chi connectivity index (χ0n) is 11.2. The summed E-state index contributed by atoms with van der Waals surface area (Å²) in [7, 11) is 0. The monoisotopic (exact) mass is 284 g/mol. The fourth-order valence-electron chi connectivity index (χ4n) is 2.75. The second kappa shape index (κ2) is 5.72. The van der Waals surface area contributed by atoms with E-state index in [1.165, 1.54) is 32.1 Å². The van der Waals surface area contributed by atoms with E-state index in [4.69, 9.17) is 0 Å². The Bertz CT molecular complexity index is 723. The summed E-state index contributed by atoms with van der Waals surface area (Å²) >= 11 is 1.67. The number of nitriles is 1. The lowest BCUT2D eigenvalue weighted by Gasteiger charge is -2.21. The van der Waals surface area contributed by atoms with Gasteiger partial charge in [0.25, 0.3) is 0 Å². The van der Waals surface area contributed by atoms with E-state index in [1.807, 2.05) is 18.2 Å². The first-order valence-electron chi connectivity index (χ1n) is 7.01. The highest BCUT2D eigenvalue weighted by atomic mass is 32.2. The molecule has 1 aliphatic rings. The van der Waals surface area contributed by atoms with Gasteiger partial charge in [-0.25, -0.2) is 0 Å². The summed E-state index contributed by atoms with van der Waals surface area (Å²) in [5.41, 5.74) is 0.925. The fraction of sp³-hybridized carbons (Fsp3) is 0.375. The molecule has 2 aromatic rings. The fourth-order valence-corrected chi connectivity index (χ4v) is 4.08. The maximum absolute atomic E-state index is 12.4. The molecule has 1 N–H and O–H groups in total. The average Bonchev–Trinajstić information content (AvgIpc) is 2.49. The maximum atomic E-state index is 12.4. The van der Waals surface area contributed by atoms with Gasteiger partial charge in [-0.3, -0.25) is 4.79 Å². The minimum atomic E-state index is -0.153. The highest BCUT2D eigenvalue weighted by molar-refractivity contribution is 7.99. The van der Waals surface area contributed by atoms with Crippen molar-refractivity contribution in [2.24, 2.45) is 0 Å². The van der Waals surface area contributed by atoms with Crippen LogP contribution in [0.3, 0.4) is 0 Å². The van der Waals surface area contributed by atoms with Gasteiger partial charge < -0.3 is 4.98 Å². The number of hydrogen-bond acceptors (Lipinski definition) is 3. The zero-order valence-corrected chi connectivity index (χ0v) is 12.0. The molecule has 1 fully saturated rings. The molecule has 0 amide bonds. The Labute approximate surface area is 122 Å². The van der Waals surface area contributed by atoms with Crippen LogP contribution in [0.2, 0.25) is 0 Å². The van der Waals surface area contributed by atoms with Crippen LogP contribution in [0.15, 0.2) is 34.1 Å². The van der Waals surface area contributed by atoms with E-state index >= 15 is 0 Å². The van der Waals surface area contributed by atoms with Crippen molar-refractivity contribution in [1.29, 1.82) is 5.26 Å². The Morgan fingerprint density at radius 1 is 1.20 bits per heavy atom. The molecule has 1 aromatic carbocycles. The lowest BCUT2D eigenvalue weighted by Crippen LogP contribution is -2.13. The van der Waals surface area contributed by atoms with Gasteiger partial charge in [0.1, 0.15) is 11.6 Å². The number of thioether (sulfide) groups is 1. The molecule has 0 unspecified atom stereocenters. The summed E-state index contributed by atoms with van der Waals surface area (Å²) < 4.78 is 0. The average molecular weight is 284 g/mol. The molecule has 1 heterocycles. The Kier molecular flexibility index (Phi) is 3.79. The smallest absolute Gasteiger partial charge is 0.208 e. The van der Waals surface area contributed by atoms with E-state index in [1.54, 1.807) is 17.8 Å². The number of benzene rings is 1. The number of fused-ring (bicyclic) bond motifs is 1. The molecule has 1 aliphatic carbocycles. The molecular weight excluding hydrogens is 268 g/mol. The third-order valence-electron chi connectivity index (χ3n) is 3.82.